The van der Waals surface area contributed by atoms with Gasteiger partial charge in [0.25, 0.3) is 0 Å². The van der Waals surface area contributed by atoms with Gasteiger partial charge >= 0.3 is 6.18 Å². The van der Waals surface area contributed by atoms with E-state index in [0.29, 0.717) is 48.6 Å². The topological polar surface area (TPSA) is 38.8 Å². The summed E-state index contributed by atoms with van der Waals surface area (Å²) in [4.78, 5) is 14.3. The lowest BCUT2D eigenvalue weighted by Gasteiger charge is -2.30. The highest BCUT2D eigenvalue weighted by Gasteiger charge is 2.32. The number of nitrogens with zero attached hydrogens (tertiary/aromatic N) is 1. The number of fused-ring (bicyclic) bond motifs is 2. The summed E-state index contributed by atoms with van der Waals surface area (Å²) in [5, 5.41) is 0. The van der Waals surface area contributed by atoms with Crippen LogP contribution in [0.2, 0.25) is 0 Å². The monoisotopic (exact) mass is 377 g/mol. The van der Waals surface area contributed by atoms with E-state index in [9.17, 15) is 18.0 Å². The average molecular weight is 377 g/mol. The van der Waals surface area contributed by atoms with E-state index < -0.39 is 11.7 Å². The van der Waals surface area contributed by atoms with Crippen LogP contribution in [-0.2, 0) is 23.8 Å². The van der Waals surface area contributed by atoms with Crippen molar-refractivity contribution in [1.82, 2.24) is 0 Å². The number of aryl methyl sites for hydroxylation is 2. The lowest BCUT2D eigenvalue weighted by Crippen LogP contribution is -2.35. The number of carbonyl (C=O) groups is 1. The molecule has 7 heteroatoms. The van der Waals surface area contributed by atoms with Crippen molar-refractivity contribution in [1.29, 1.82) is 0 Å². The molecule has 0 radical (unpaired) electrons. The van der Waals surface area contributed by atoms with Crippen LogP contribution < -0.4 is 14.4 Å². The summed E-state index contributed by atoms with van der Waals surface area (Å²) in [6, 6.07) is 9.18. The van der Waals surface area contributed by atoms with Crippen LogP contribution in [0.5, 0.6) is 11.5 Å². The molecule has 0 fully saturated rings. The predicted molar refractivity (Wildman–Crippen MR) is 93.0 cm³/mol. The fraction of sp³-hybridized carbons (Fsp3) is 0.350. The third-order valence-electron chi connectivity index (χ3n) is 4.89. The first-order valence-corrected chi connectivity index (χ1v) is 8.81. The van der Waals surface area contributed by atoms with E-state index in [1.165, 1.54) is 6.07 Å². The highest BCUT2D eigenvalue weighted by molar-refractivity contribution is 5.94. The molecule has 0 spiro atoms. The molecule has 0 atom stereocenters. The molecular formula is C20H18F3NO3. The van der Waals surface area contributed by atoms with Crippen LogP contribution in [0.3, 0.4) is 0 Å². The van der Waals surface area contributed by atoms with Gasteiger partial charge in [0.1, 0.15) is 0 Å². The second-order valence-electron chi connectivity index (χ2n) is 6.68. The molecule has 0 saturated heterocycles. The SMILES string of the molecule is O=C(CCc1ccc2c(c1)OCO2)N1CCCc2cc(C(F)(F)F)ccc21. The predicted octanol–water partition coefficient (Wildman–Crippen LogP) is 4.35. The van der Waals surface area contributed by atoms with E-state index in [4.69, 9.17) is 9.47 Å². The van der Waals surface area contributed by atoms with Gasteiger partial charge in [-0.05, 0) is 60.7 Å². The van der Waals surface area contributed by atoms with Crippen molar-refractivity contribution in [2.24, 2.45) is 0 Å². The highest BCUT2D eigenvalue weighted by atomic mass is 19.4. The Bertz CT molecular complexity index is 879. The molecule has 0 bridgehead atoms. The van der Waals surface area contributed by atoms with Crippen LogP contribution in [-0.4, -0.2) is 19.2 Å². The molecule has 4 nitrogen and oxygen atoms in total. The number of hydrogen-bond acceptors (Lipinski definition) is 3. The summed E-state index contributed by atoms with van der Waals surface area (Å²) in [5.41, 5.74) is 1.45. The van der Waals surface area contributed by atoms with Crippen LogP contribution in [0.25, 0.3) is 0 Å². The van der Waals surface area contributed by atoms with Crippen molar-refractivity contribution in [3.8, 4) is 11.5 Å². The minimum atomic E-state index is -4.37. The van der Waals surface area contributed by atoms with Gasteiger partial charge in [-0.1, -0.05) is 6.07 Å². The summed E-state index contributed by atoms with van der Waals surface area (Å²) < 4.78 is 49.4. The van der Waals surface area contributed by atoms with E-state index in [2.05, 4.69) is 0 Å². The van der Waals surface area contributed by atoms with Crippen molar-refractivity contribution in [3.63, 3.8) is 0 Å². The van der Waals surface area contributed by atoms with Crippen LogP contribution >= 0.6 is 0 Å². The maximum atomic E-state index is 12.9. The maximum absolute atomic E-state index is 12.9. The number of amides is 1. The van der Waals surface area contributed by atoms with Gasteiger partial charge < -0.3 is 14.4 Å². The average Bonchev–Trinajstić information content (AvgIpc) is 3.12. The van der Waals surface area contributed by atoms with Crippen LogP contribution in [0.4, 0.5) is 18.9 Å². The number of ether oxygens (including phenoxy) is 2. The van der Waals surface area contributed by atoms with Gasteiger partial charge in [0.15, 0.2) is 11.5 Å². The van der Waals surface area contributed by atoms with E-state index in [1.54, 1.807) is 4.90 Å². The Morgan fingerprint density at radius 1 is 1.07 bits per heavy atom. The van der Waals surface area contributed by atoms with Gasteiger partial charge in [-0.25, -0.2) is 0 Å². The number of anilines is 1. The first-order chi connectivity index (χ1) is 12.9. The lowest BCUT2D eigenvalue weighted by molar-refractivity contribution is -0.137. The van der Waals surface area contributed by atoms with Crippen LogP contribution in [0, 0.1) is 0 Å². The molecule has 27 heavy (non-hydrogen) atoms. The van der Waals surface area contributed by atoms with Gasteiger partial charge in [0.2, 0.25) is 12.7 Å². The highest BCUT2D eigenvalue weighted by Crippen LogP contribution is 2.36. The van der Waals surface area contributed by atoms with E-state index >= 15 is 0 Å². The minimum absolute atomic E-state index is 0.0895. The third-order valence-corrected chi connectivity index (χ3v) is 4.89. The molecule has 2 heterocycles. The number of halogens is 3. The Morgan fingerprint density at radius 2 is 1.89 bits per heavy atom. The number of benzene rings is 2. The Kier molecular flexibility index (Phi) is 4.45. The largest absolute Gasteiger partial charge is 0.454 e. The van der Waals surface area contributed by atoms with Crippen molar-refractivity contribution < 1.29 is 27.4 Å². The van der Waals surface area contributed by atoms with Gasteiger partial charge in [-0.2, -0.15) is 13.2 Å². The normalized spacial score (nSPS) is 15.6. The van der Waals surface area contributed by atoms with Crippen molar-refractivity contribution >= 4 is 11.6 Å². The molecule has 4 rings (SSSR count). The van der Waals surface area contributed by atoms with Crippen molar-refractivity contribution in [2.45, 2.75) is 31.9 Å². The summed E-state index contributed by atoms with van der Waals surface area (Å²) >= 11 is 0. The zero-order chi connectivity index (χ0) is 19.0. The molecule has 0 N–H and O–H groups in total. The Balaban J connectivity index is 1.47. The molecular weight excluding hydrogens is 359 g/mol. The standard InChI is InChI=1S/C20H18F3NO3/c21-20(22,23)15-5-6-16-14(11-15)2-1-9-24(16)19(25)8-4-13-3-7-17-18(10-13)27-12-26-17/h3,5-7,10-11H,1-2,4,8-9,12H2. The van der Waals surface area contributed by atoms with Gasteiger partial charge in [0, 0.05) is 18.7 Å². The van der Waals surface area contributed by atoms with Gasteiger partial charge in [-0.15, -0.1) is 0 Å². The van der Waals surface area contributed by atoms with Gasteiger partial charge in [0.05, 0.1) is 5.56 Å². The quantitative estimate of drug-likeness (QED) is 0.799. The smallest absolute Gasteiger partial charge is 0.416 e. The molecule has 1 amide bonds. The minimum Gasteiger partial charge on any atom is -0.454 e. The lowest BCUT2D eigenvalue weighted by atomic mass is 9.98. The molecule has 0 saturated carbocycles. The van der Waals surface area contributed by atoms with Crippen molar-refractivity contribution in [3.05, 3.63) is 53.1 Å². The Morgan fingerprint density at radius 3 is 2.70 bits per heavy atom. The molecule has 2 aromatic carbocycles. The molecule has 0 aliphatic carbocycles. The van der Waals surface area contributed by atoms with E-state index in [-0.39, 0.29) is 19.1 Å². The molecule has 2 aromatic rings. The molecule has 0 aromatic heterocycles. The second-order valence-corrected chi connectivity index (χ2v) is 6.68. The number of carbonyl (C=O) groups excluding carboxylic acids is 1. The van der Waals surface area contributed by atoms with Crippen LogP contribution in [0.15, 0.2) is 36.4 Å². The summed E-state index contributed by atoms with van der Waals surface area (Å²) in [6.45, 7) is 0.723. The Hall–Kier alpha value is -2.70. The fourth-order valence-corrected chi connectivity index (χ4v) is 3.52. The molecule has 142 valence electrons. The van der Waals surface area contributed by atoms with Crippen molar-refractivity contribution in [2.75, 3.05) is 18.2 Å². The van der Waals surface area contributed by atoms with Crippen LogP contribution in [0.1, 0.15) is 29.5 Å². The second kappa shape index (κ2) is 6.79. The zero-order valence-electron chi connectivity index (χ0n) is 14.5. The van der Waals surface area contributed by atoms with Gasteiger partial charge in [-0.3, -0.25) is 4.79 Å². The number of hydrogen-bond donors (Lipinski definition) is 0. The Labute approximate surface area is 154 Å². The fourth-order valence-electron chi connectivity index (χ4n) is 3.52. The van der Waals surface area contributed by atoms with E-state index in [0.717, 1.165) is 17.7 Å². The summed E-state index contributed by atoms with van der Waals surface area (Å²) in [6.07, 6.45) is -2.36. The zero-order valence-corrected chi connectivity index (χ0v) is 14.5. The number of rotatable bonds is 3. The number of alkyl halides is 3. The summed E-state index contributed by atoms with van der Waals surface area (Å²) in [5.74, 6) is 1.27. The molecule has 2 aliphatic heterocycles. The van der Waals surface area contributed by atoms with E-state index in [1.807, 2.05) is 18.2 Å². The first-order valence-electron chi connectivity index (χ1n) is 8.81. The summed E-state index contributed by atoms with van der Waals surface area (Å²) in [7, 11) is 0. The maximum Gasteiger partial charge on any atom is 0.416 e. The third kappa shape index (κ3) is 3.59. The molecule has 0 unspecified atom stereocenters. The molecule has 2 aliphatic rings. The first kappa shape index (κ1) is 17.7.